The molecule has 1 saturated carbocycles. The number of carbonyl (C=O) groups is 1. The maximum Gasteiger partial charge on any atom is 0.319 e. The number of ether oxygens (including phenoxy) is 2. The number of para-hydroxylation sites is 1. The second-order valence-corrected chi connectivity index (χ2v) is 7.07. The molecule has 1 aliphatic carbocycles. The Balaban J connectivity index is 2.27. The van der Waals surface area contributed by atoms with Crippen LogP contribution >= 0.6 is 8.25 Å². The molecule has 1 aromatic carbocycles. The van der Waals surface area contributed by atoms with Gasteiger partial charge in [0, 0.05) is 0 Å². The first kappa shape index (κ1) is 19.0. The molecule has 0 aromatic heterocycles. The number of hydrogen-bond donors (Lipinski definition) is 1. The van der Waals surface area contributed by atoms with E-state index in [-0.39, 0.29) is 25.1 Å². The van der Waals surface area contributed by atoms with E-state index in [0.29, 0.717) is 17.6 Å². The Kier molecular flexibility index (Phi) is 6.84. The fourth-order valence-electron chi connectivity index (χ4n) is 2.92. The molecule has 2 rings (SSSR count). The fourth-order valence-corrected chi connectivity index (χ4v) is 3.08. The van der Waals surface area contributed by atoms with E-state index in [9.17, 15) is 9.36 Å². The third-order valence-electron chi connectivity index (χ3n) is 4.51. The topological polar surface area (TPSA) is 82.1 Å². The van der Waals surface area contributed by atoms with Crippen molar-refractivity contribution in [1.82, 2.24) is 0 Å². The van der Waals surface area contributed by atoms with Crippen molar-refractivity contribution in [3.8, 4) is 5.75 Å². The van der Waals surface area contributed by atoms with Crippen LogP contribution in [0.25, 0.3) is 0 Å². The van der Waals surface area contributed by atoms with Crippen LogP contribution in [-0.2, 0) is 18.6 Å². The first-order valence-electron chi connectivity index (χ1n) is 8.12. The van der Waals surface area contributed by atoms with Crippen molar-refractivity contribution >= 4 is 14.2 Å². The highest BCUT2D eigenvalue weighted by molar-refractivity contribution is 7.32. The summed E-state index contributed by atoms with van der Waals surface area (Å²) in [7, 11) is -1.68. The second-order valence-electron chi connectivity index (χ2n) is 6.25. The van der Waals surface area contributed by atoms with Crippen LogP contribution < -0.4 is 4.74 Å². The largest absolute Gasteiger partial charge is 0.469 e. The van der Waals surface area contributed by atoms with E-state index in [4.69, 9.17) is 14.4 Å². The molecule has 0 bridgehead atoms. The molecule has 3 unspecified atom stereocenters. The Morgan fingerprint density at radius 2 is 2.00 bits per heavy atom. The normalized spacial score (nSPS) is 17.8. The number of hydrogen-bond acceptors (Lipinski definition) is 5. The van der Waals surface area contributed by atoms with Gasteiger partial charge in [-0.2, -0.15) is 0 Å². The van der Waals surface area contributed by atoms with Crippen molar-refractivity contribution in [2.24, 2.45) is 5.92 Å². The Bertz CT molecular complexity index is 599. The molecule has 1 N–H and O–H groups in total. The summed E-state index contributed by atoms with van der Waals surface area (Å²) in [5.74, 6) is 1.24. The van der Waals surface area contributed by atoms with E-state index < -0.39 is 8.25 Å². The Morgan fingerprint density at radius 3 is 2.58 bits per heavy atom. The van der Waals surface area contributed by atoms with Crippen molar-refractivity contribution in [1.29, 1.82) is 0 Å². The van der Waals surface area contributed by atoms with Gasteiger partial charge in [-0.3, -0.25) is 13.9 Å². The highest BCUT2D eigenvalue weighted by atomic mass is 31.1. The quantitative estimate of drug-likeness (QED) is 0.414. The average Bonchev–Trinajstić information content (AvgIpc) is 3.38. The molecular weight excluding hydrogens is 331 g/mol. The predicted octanol–water partition coefficient (Wildman–Crippen LogP) is 3.60. The first-order valence-corrected chi connectivity index (χ1v) is 9.38. The lowest BCUT2D eigenvalue weighted by molar-refractivity contribution is -0.140. The van der Waals surface area contributed by atoms with Crippen LogP contribution in [0.15, 0.2) is 18.2 Å². The van der Waals surface area contributed by atoms with Crippen molar-refractivity contribution in [2.75, 3.05) is 13.9 Å². The minimum absolute atomic E-state index is 0.0926. The van der Waals surface area contributed by atoms with Gasteiger partial charge < -0.3 is 14.4 Å². The summed E-state index contributed by atoms with van der Waals surface area (Å²) in [5.41, 5.74) is 1.93. The number of carbonyl (C=O) groups excluding carboxylic acids is 1. The van der Waals surface area contributed by atoms with Crippen molar-refractivity contribution in [3.63, 3.8) is 0 Å². The van der Waals surface area contributed by atoms with Crippen LogP contribution in [0.1, 0.15) is 56.1 Å². The highest BCUT2D eigenvalue weighted by Gasteiger charge is 2.32. The minimum atomic E-state index is -3.04. The lowest BCUT2D eigenvalue weighted by Gasteiger charge is -2.22. The number of methoxy groups -OCH3 is 1. The summed E-state index contributed by atoms with van der Waals surface area (Å²) in [5, 5.41) is 0. The monoisotopic (exact) mass is 356 g/mol. The maximum atomic E-state index is 11.6. The SMILES string of the molecule is COC(=O)CC(C)c1cccc(C(C)C2CC2)c1OCO[PH](=O)O. The number of benzene rings is 1. The molecule has 0 amide bonds. The van der Waals surface area contributed by atoms with Gasteiger partial charge in [0.1, 0.15) is 5.75 Å². The van der Waals surface area contributed by atoms with Crippen molar-refractivity contribution in [2.45, 2.75) is 44.9 Å². The second kappa shape index (κ2) is 8.65. The third kappa shape index (κ3) is 5.07. The summed E-state index contributed by atoms with van der Waals surface area (Å²) in [4.78, 5) is 20.4. The molecule has 0 saturated heterocycles. The van der Waals surface area contributed by atoms with Gasteiger partial charge in [0.05, 0.1) is 13.5 Å². The van der Waals surface area contributed by atoms with E-state index in [1.54, 1.807) is 0 Å². The average molecular weight is 356 g/mol. The van der Waals surface area contributed by atoms with Crippen LogP contribution in [0, 0.1) is 5.92 Å². The van der Waals surface area contributed by atoms with Crippen molar-refractivity contribution < 1.29 is 28.3 Å². The van der Waals surface area contributed by atoms with Gasteiger partial charge in [-0.25, -0.2) is 0 Å². The van der Waals surface area contributed by atoms with Gasteiger partial charge in [-0.05, 0) is 41.7 Å². The van der Waals surface area contributed by atoms with Gasteiger partial charge in [0.2, 0.25) is 0 Å². The molecule has 1 fully saturated rings. The Labute approximate surface area is 143 Å². The van der Waals surface area contributed by atoms with Crippen LogP contribution in [0.3, 0.4) is 0 Å². The van der Waals surface area contributed by atoms with Gasteiger partial charge in [-0.1, -0.05) is 32.0 Å². The van der Waals surface area contributed by atoms with Gasteiger partial charge in [0.15, 0.2) is 6.79 Å². The van der Waals surface area contributed by atoms with E-state index >= 15 is 0 Å². The van der Waals surface area contributed by atoms with E-state index in [2.05, 4.69) is 11.4 Å². The molecule has 3 atom stereocenters. The third-order valence-corrected chi connectivity index (χ3v) is 4.88. The van der Waals surface area contributed by atoms with Gasteiger partial charge >= 0.3 is 14.2 Å². The summed E-state index contributed by atoms with van der Waals surface area (Å²) in [6, 6.07) is 5.88. The molecule has 1 aliphatic rings. The minimum Gasteiger partial charge on any atom is -0.469 e. The summed E-state index contributed by atoms with van der Waals surface area (Å²) >= 11 is 0. The first-order chi connectivity index (χ1) is 11.4. The molecule has 7 heteroatoms. The standard InChI is InChI=1S/C17H25O6P/c1-11(9-16(18)21-3)14-5-4-6-15(12(2)13-7-8-13)17(14)22-10-23-24(19)20/h4-6,11-13,24H,7-10H2,1-3H3,(H,19,20). The van der Waals surface area contributed by atoms with Crippen LogP contribution in [-0.4, -0.2) is 24.8 Å². The predicted molar refractivity (Wildman–Crippen MR) is 90.4 cm³/mol. The van der Waals surface area contributed by atoms with Crippen LogP contribution in [0.4, 0.5) is 0 Å². The van der Waals surface area contributed by atoms with Crippen molar-refractivity contribution in [3.05, 3.63) is 29.3 Å². The van der Waals surface area contributed by atoms with Crippen LogP contribution in [0.2, 0.25) is 0 Å². The molecule has 0 spiro atoms. The lowest BCUT2D eigenvalue weighted by atomic mass is 9.89. The summed E-state index contributed by atoms with van der Waals surface area (Å²) in [6.45, 7) is 3.80. The smallest absolute Gasteiger partial charge is 0.319 e. The zero-order valence-electron chi connectivity index (χ0n) is 14.3. The van der Waals surface area contributed by atoms with Gasteiger partial charge in [-0.15, -0.1) is 0 Å². The number of esters is 1. The molecule has 0 radical (unpaired) electrons. The lowest BCUT2D eigenvalue weighted by Crippen LogP contribution is -2.11. The highest BCUT2D eigenvalue weighted by Crippen LogP contribution is 2.46. The van der Waals surface area contributed by atoms with E-state index in [1.165, 1.54) is 20.0 Å². The molecule has 0 aliphatic heterocycles. The summed E-state index contributed by atoms with van der Waals surface area (Å²) in [6.07, 6.45) is 2.64. The van der Waals surface area contributed by atoms with E-state index in [1.807, 2.05) is 25.1 Å². The molecule has 134 valence electrons. The molecule has 6 nitrogen and oxygen atoms in total. The molecule has 0 heterocycles. The zero-order chi connectivity index (χ0) is 17.7. The number of rotatable bonds is 9. The summed E-state index contributed by atoms with van der Waals surface area (Å²) < 4.78 is 25.9. The maximum absolute atomic E-state index is 11.6. The van der Waals surface area contributed by atoms with E-state index in [0.717, 1.165) is 11.1 Å². The zero-order valence-corrected chi connectivity index (χ0v) is 15.3. The Hall–Kier alpha value is -1.36. The fraction of sp³-hybridized carbons (Fsp3) is 0.588. The van der Waals surface area contributed by atoms with Gasteiger partial charge in [0.25, 0.3) is 0 Å². The Morgan fingerprint density at radius 1 is 1.33 bits per heavy atom. The van der Waals surface area contributed by atoms with Crippen LogP contribution in [0.5, 0.6) is 5.75 Å². The molecule has 24 heavy (non-hydrogen) atoms. The molecular formula is C17H25O6P. The molecule has 1 aromatic rings.